The lowest BCUT2D eigenvalue weighted by Crippen LogP contribution is -2.32. The maximum absolute atomic E-state index is 12.2. The summed E-state index contributed by atoms with van der Waals surface area (Å²) < 4.78 is 0. The molecule has 0 aliphatic carbocycles. The minimum Gasteiger partial charge on any atom is -0.369 e. The van der Waals surface area contributed by atoms with Crippen LogP contribution in [0.15, 0.2) is 35.3 Å². The number of H-pyrrole nitrogens is 2. The van der Waals surface area contributed by atoms with Crippen LogP contribution in [0.5, 0.6) is 0 Å². The van der Waals surface area contributed by atoms with E-state index in [1.807, 2.05) is 31.2 Å². The Bertz CT molecular complexity index is 988. The van der Waals surface area contributed by atoms with E-state index in [2.05, 4.69) is 27.2 Å². The molecular formula is C20H25N5O2. The molecule has 0 aliphatic heterocycles. The Morgan fingerprint density at radius 3 is 2.70 bits per heavy atom. The SMILES string of the molecule is CCC[C@H](C)NC(=O)c1ccc(CCc2c[nH]c3nc(N)[nH]c(=O)c23)cc1. The second kappa shape index (κ2) is 8.07. The number of aromatic nitrogens is 3. The van der Waals surface area contributed by atoms with Crippen molar-refractivity contribution in [2.24, 2.45) is 0 Å². The van der Waals surface area contributed by atoms with Crippen LogP contribution in [0.1, 0.15) is 48.2 Å². The third kappa shape index (κ3) is 4.36. The number of rotatable bonds is 7. The van der Waals surface area contributed by atoms with E-state index in [4.69, 9.17) is 5.73 Å². The van der Waals surface area contributed by atoms with Crippen molar-refractivity contribution in [1.29, 1.82) is 0 Å². The van der Waals surface area contributed by atoms with Crippen LogP contribution < -0.4 is 16.6 Å². The van der Waals surface area contributed by atoms with E-state index in [1.165, 1.54) is 0 Å². The molecule has 2 aromatic heterocycles. The second-order valence-corrected chi connectivity index (χ2v) is 6.85. The largest absolute Gasteiger partial charge is 0.369 e. The smallest absolute Gasteiger partial charge is 0.262 e. The molecule has 27 heavy (non-hydrogen) atoms. The van der Waals surface area contributed by atoms with Gasteiger partial charge in [0.15, 0.2) is 0 Å². The minimum absolute atomic E-state index is 0.0469. The number of fused-ring (bicyclic) bond motifs is 1. The number of aromatic amines is 2. The molecule has 0 unspecified atom stereocenters. The van der Waals surface area contributed by atoms with Gasteiger partial charge in [0.2, 0.25) is 5.95 Å². The molecule has 7 nitrogen and oxygen atoms in total. The number of carbonyl (C=O) groups is 1. The Hall–Kier alpha value is -3.09. The standard InChI is InChI=1S/C20H25N5O2/c1-3-4-12(2)23-18(26)14-8-5-13(6-9-14)7-10-15-11-22-17-16(15)19(27)25-20(21)24-17/h5-6,8-9,11-12H,3-4,7,10H2,1-2H3,(H,23,26)(H4,21,22,24,25,27)/t12-/m0/s1. The van der Waals surface area contributed by atoms with E-state index in [-0.39, 0.29) is 23.5 Å². The van der Waals surface area contributed by atoms with Gasteiger partial charge in [0.1, 0.15) is 5.65 Å². The molecule has 142 valence electrons. The number of carbonyl (C=O) groups excluding carboxylic acids is 1. The lowest BCUT2D eigenvalue weighted by Gasteiger charge is -2.12. The average Bonchev–Trinajstić information content (AvgIpc) is 3.03. The van der Waals surface area contributed by atoms with Crippen molar-refractivity contribution in [2.75, 3.05) is 5.73 Å². The van der Waals surface area contributed by atoms with Gasteiger partial charge in [-0.2, -0.15) is 4.98 Å². The predicted molar refractivity (Wildman–Crippen MR) is 107 cm³/mol. The number of nitrogens with two attached hydrogens (primary N) is 1. The molecule has 3 rings (SSSR count). The summed E-state index contributed by atoms with van der Waals surface area (Å²) in [7, 11) is 0. The fraction of sp³-hybridized carbons (Fsp3) is 0.350. The number of hydrogen-bond donors (Lipinski definition) is 4. The average molecular weight is 367 g/mol. The van der Waals surface area contributed by atoms with Crippen molar-refractivity contribution in [1.82, 2.24) is 20.3 Å². The number of aryl methyl sites for hydroxylation is 2. The quantitative estimate of drug-likeness (QED) is 0.513. The predicted octanol–water partition coefficient (Wildman–Crippen LogP) is 2.54. The van der Waals surface area contributed by atoms with Crippen LogP contribution in [0.4, 0.5) is 5.95 Å². The van der Waals surface area contributed by atoms with Gasteiger partial charge in [0.05, 0.1) is 5.39 Å². The van der Waals surface area contributed by atoms with Gasteiger partial charge in [-0.1, -0.05) is 25.5 Å². The maximum atomic E-state index is 12.2. The number of nitrogens with zero attached hydrogens (tertiary/aromatic N) is 1. The first kappa shape index (κ1) is 18.7. The Balaban J connectivity index is 1.66. The fourth-order valence-corrected chi connectivity index (χ4v) is 3.23. The van der Waals surface area contributed by atoms with Gasteiger partial charge >= 0.3 is 0 Å². The molecule has 7 heteroatoms. The molecule has 2 heterocycles. The highest BCUT2D eigenvalue weighted by Crippen LogP contribution is 2.16. The first-order chi connectivity index (χ1) is 13.0. The van der Waals surface area contributed by atoms with Crippen LogP contribution >= 0.6 is 0 Å². The summed E-state index contributed by atoms with van der Waals surface area (Å²) in [6.07, 6.45) is 5.25. The zero-order valence-electron chi connectivity index (χ0n) is 15.6. The lowest BCUT2D eigenvalue weighted by molar-refractivity contribution is 0.0938. The summed E-state index contributed by atoms with van der Waals surface area (Å²) in [5, 5.41) is 3.55. The maximum Gasteiger partial charge on any atom is 0.262 e. The van der Waals surface area contributed by atoms with E-state index < -0.39 is 0 Å². The molecule has 0 saturated heterocycles. The van der Waals surface area contributed by atoms with Crippen molar-refractivity contribution >= 4 is 22.9 Å². The molecule has 0 fully saturated rings. The van der Waals surface area contributed by atoms with Gasteiger partial charge < -0.3 is 16.0 Å². The van der Waals surface area contributed by atoms with Crippen LogP contribution in [0.3, 0.4) is 0 Å². The summed E-state index contributed by atoms with van der Waals surface area (Å²) in [5.41, 5.74) is 8.48. The summed E-state index contributed by atoms with van der Waals surface area (Å²) in [6.45, 7) is 4.12. The number of nitrogens with one attached hydrogen (secondary N) is 3. The van der Waals surface area contributed by atoms with Crippen molar-refractivity contribution in [2.45, 2.75) is 45.6 Å². The number of amides is 1. The monoisotopic (exact) mass is 367 g/mol. The zero-order chi connectivity index (χ0) is 19.4. The molecule has 0 bridgehead atoms. The summed E-state index contributed by atoms with van der Waals surface area (Å²) in [4.78, 5) is 34.0. The molecule has 0 spiro atoms. The number of nitrogen functional groups attached to an aromatic ring is 1. The van der Waals surface area contributed by atoms with E-state index in [0.717, 1.165) is 30.4 Å². The van der Waals surface area contributed by atoms with Gasteiger partial charge in [-0.3, -0.25) is 14.6 Å². The molecule has 5 N–H and O–H groups in total. The van der Waals surface area contributed by atoms with Crippen LogP contribution in [0.25, 0.3) is 11.0 Å². The van der Waals surface area contributed by atoms with Crippen LogP contribution in [-0.2, 0) is 12.8 Å². The minimum atomic E-state index is -0.234. The van der Waals surface area contributed by atoms with Crippen LogP contribution in [-0.4, -0.2) is 26.9 Å². The van der Waals surface area contributed by atoms with E-state index in [1.54, 1.807) is 6.20 Å². The Morgan fingerprint density at radius 2 is 2.00 bits per heavy atom. The van der Waals surface area contributed by atoms with E-state index >= 15 is 0 Å². The Labute approximate surface area is 157 Å². The Kier molecular flexibility index (Phi) is 5.59. The highest BCUT2D eigenvalue weighted by Gasteiger charge is 2.11. The molecule has 0 radical (unpaired) electrons. The summed E-state index contributed by atoms with van der Waals surface area (Å²) >= 11 is 0. The van der Waals surface area contributed by atoms with E-state index in [0.29, 0.717) is 23.0 Å². The molecule has 1 amide bonds. The summed E-state index contributed by atoms with van der Waals surface area (Å²) in [5.74, 6) is 0.0531. The molecule has 3 aromatic rings. The third-order valence-electron chi connectivity index (χ3n) is 4.64. The molecule has 1 aromatic carbocycles. The van der Waals surface area contributed by atoms with Gasteiger partial charge in [-0.05, 0) is 49.4 Å². The molecule has 1 atom stereocenters. The molecular weight excluding hydrogens is 342 g/mol. The molecule has 0 aliphatic rings. The topological polar surface area (TPSA) is 117 Å². The second-order valence-electron chi connectivity index (χ2n) is 6.85. The zero-order valence-corrected chi connectivity index (χ0v) is 15.6. The van der Waals surface area contributed by atoms with Crippen molar-refractivity contribution in [3.8, 4) is 0 Å². The van der Waals surface area contributed by atoms with Gasteiger partial charge in [0, 0.05) is 17.8 Å². The summed E-state index contributed by atoms with van der Waals surface area (Å²) in [6, 6.07) is 7.76. The lowest BCUT2D eigenvalue weighted by atomic mass is 10.0. The van der Waals surface area contributed by atoms with Gasteiger partial charge in [0.25, 0.3) is 11.5 Å². The van der Waals surface area contributed by atoms with Crippen LogP contribution in [0.2, 0.25) is 0 Å². The van der Waals surface area contributed by atoms with Crippen LogP contribution in [0, 0.1) is 0 Å². The van der Waals surface area contributed by atoms with Crippen molar-refractivity contribution in [3.05, 3.63) is 57.5 Å². The number of anilines is 1. The number of hydrogen-bond acceptors (Lipinski definition) is 4. The highest BCUT2D eigenvalue weighted by molar-refractivity contribution is 5.94. The first-order valence-electron chi connectivity index (χ1n) is 9.23. The first-order valence-corrected chi connectivity index (χ1v) is 9.23. The highest BCUT2D eigenvalue weighted by atomic mass is 16.1. The Morgan fingerprint density at radius 1 is 1.26 bits per heavy atom. The third-order valence-corrected chi connectivity index (χ3v) is 4.64. The van der Waals surface area contributed by atoms with Gasteiger partial charge in [-0.15, -0.1) is 0 Å². The van der Waals surface area contributed by atoms with Gasteiger partial charge in [-0.25, -0.2) is 0 Å². The number of benzene rings is 1. The fourth-order valence-electron chi connectivity index (χ4n) is 3.23. The van der Waals surface area contributed by atoms with Crippen molar-refractivity contribution < 1.29 is 4.79 Å². The normalized spacial score (nSPS) is 12.2. The molecule has 0 saturated carbocycles. The van der Waals surface area contributed by atoms with Crippen molar-refractivity contribution in [3.63, 3.8) is 0 Å². The van der Waals surface area contributed by atoms with E-state index in [9.17, 15) is 9.59 Å².